The van der Waals surface area contributed by atoms with Gasteiger partial charge in [-0.3, -0.25) is 14.5 Å². The lowest BCUT2D eigenvalue weighted by Gasteiger charge is -2.22. The van der Waals surface area contributed by atoms with Crippen molar-refractivity contribution >= 4 is 46.5 Å². The fourth-order valence-corrected chi connectivity index (χ4v) is 4.09. The number of carbonyl (C=O) groups is 3. The molecule has 180 valence electrons. The molecule has 1 aromatic heterocycles. The molecule has 8 nitrogen and oxygen atoms in total. The van der Waals surface area contributed by atoms with E-state index in [0.717, 1.165) is 0 Å². The predicted octanol–water partition coefficient (Wildman–Crippen LogP) is 4.13. The van der Waals surface area contributed by atoms with Crippen molar-refractivity contribution in [3.63, 3.8) is 0 Å². The first-order valence-corrected chi connectivity index (χ1v) is 11.3. The molecule has 0 radical (unpaired) electrons. The van der Waals surface area contributed by atoms with Gasteiger partial charge in [0.1, 0.15) is 17.6 Å². The average Bonchev–Trinajstić information content (AvgIpc) is 3.43. The number of hydrogen-bond donors (Lipinski definition) is 1. The Morgan fingerprint density at radius 3 is 2.46 bits per heavy atom. The number of benzene rings is 2. The fraction of sp³-hybridized carbons (Fsp3) is 0.200. The van der Waals surface area contributed by atoms with Crippen LogP contribution in [-0.2, 0) is 20.9 Å². The molecule has 1 N–H and O–H groups in total. The highest BCUT2D eigenvalue weighted by atomic mass is 32.1. The topological polar surface area (TPSA) is 92.1 Å². The normalized spacial score (nSPS) is 15.4. The number of ether oxygens (including phenoxy) is 1. The van der Waals surface area contributed by atoms with Crippen molar-refractivity contribution in [2.45, 2.75) is 25.9 Å². The summed E-state index contributed by atoms with van der Waals surface area (Å²) in [7, 11) is 0. The van der Waals surface area contributed by atoms with E-state index >= 15 is 0 Å². The third kappa shape index (κ3) is 5.38. The van der Waals surface area contributed by atoms with Gasteiger partial charge in [-0.1, -0.05) is 0 Å². The number of amides is 2. The second kappa shape index (κ2) is 10.5. The Kier molecular flexibility index (Phi) is 7.21. The summed E-state index contributed by atoms with van der Waals surface area (Å²) in [5, 5.41) is 2.88. The number of carbonyl (C=O) groups excluding carboxylic acids is 3. The molecule has 1 fully saturated rings. The number of furan rings is 1. The fourth-order valence-electron chi connectivity index (χ4n) is 3.70. The van der Waals surface area contributed by atoms with E-state index in [1.165, 1.54) is 35.4 Å². The van der Waals surface area contributed by atoms with E-state index in [1.807, 2.05) is 0 Å². The molecule has 0 bridgehead atoms. The summed E-state index contributed by atoms with van der Waals surface area (Å²) in [5.41, 5.74) is 1.21. The van der Waals surface area contributed by atoms with Gasteiger partial charge in [0.15, 0.2) is 5.11 Å². The van der Waals surface area contributed by atoms with Crippen LogP contribution < -0.4 is 10.2 Å². The minimum absolute atomic E-state index is 0.184. The van der Waals surface area contributed by atoms with Crippen molar-refractivity contribution in [3.05, 3.63) is 84.1 Å². The maximum atomic E-state index is 13.5. The van der Waals surface area contributed by atoms with Gasteiger partial charge >= 0.3 is 5.97 Å². The van der Waals surface area contributed by atoms with Crippen LogP contribution >= 0.6 is 12.2 Å². The summed E-state index contributed by atoms with van der Waals surface area (Å²) in [6.45, 7) is 2.15. The van der Waals surface area contributed by atoms with Crippen LogP contribution in [0.5, 0.6) is 0 Å². The number of halogens is 1. The van der Waals surface area contributed by atoms with Crippen molar-refractivity contribution in [1.29, 1.82) is 0 Å². The molecule has 2 heterocycles. The molecule has 1 aliphatic rings. The van der Waals surface area contributed by atoms with E-state index in [-0.39, 0.29) is 30.6 Å². The van der Waals surface area contributed by atoms with Crippen molar-refractivity contribution < 1.29 is 27.9 Å². The summed E-state index contributed by atoms with van der Waals surface area (Å²) >= 11 is 5.62. The molecular formula is C25H22FN3O5S. The zero-order chi connectivity index (χ0) is 24.9. The highest BCUT2D eigenvalue weighted by Gasteiger charge is 2.44. The number of thiocarbonyl (C=S) groups is 1. The van der Waals surface area contributed by atoms with Gasteiger partial charge in [-0.05, 0) is 79.8 Å². The Hall–Kier alpha value is -4.05. The molecule has 0 spiro atoms. The molecule has 2 amide bonds. The van der Waals surface area contributed by atoms with E-state index in [2.05, 4.69) is 5.32 Å². The van der Waals surface area contributed by atoms with Crippen LogP contribution in [-0.4, -0.2) is 40.4 Å². The Balaban J connectivity index is 1.56. The van der Waals surface area contributed by atoms with E-state index in [9.17, 15) is 18.8 Å². The van der Waals surface area contributed by atoms with Crippen LogP contribution in [0.4, 0.5) is 15.8 Å². The first-order chi connectivity index (χ1) is 16.9. The number of nitrogens with zero attached hydrogens (tertiary/aromatic N) is 2. The van der Waals surface area contributed by atoms with Crippen LogP contribution in [0.15, 0.2) is 71.3 Å². The van der Waals surface area contributed by atoms with Crippen LogP contribution in [0.2, 0.25) is 0 Å². The lowest BCUT2D eigenvalue weighted by molar-refractivity contribution is -0.124. The molecular weight excluding hydrogens is 473 g/mol. The third-order valence-electron chi connectivity index (χ3n) is 5.37. The second-order valence-electron chi connectivity index (χ2n) is 7.71. The van der Waals surface area contributed by atoms with Crippen LogP contribution in [0.3, 0.4) is 0 Å². The molecule has 1 atom stereocenters. The minimum atomic E-state index is -0.891. The Morgan fingerprint density at radius 2 is 1.83 bits per heavy atom. The average molecular weight is 496 g/mol. The van der Waals surface area contributed by atoms with Gasteiger partial charge in [0, 0.05) is 5.69 Å². The van der Waals surface area contributed by atoms with Gasteiger partial charge in [0.25, 0.3) is 5.91 Å². The van der Waals surface area contributed by atoms with Gasteiger partial charge < -0.3 is 19.4 Å². The van der Waals surface area contributed by atoms with Gasteiger partial charge in [-0.15, -0.1) is 0 Å². The molecule has 0 saturated carbocycles. The van der Waals surface area contributed by atoms with Gasteiger partial charge in [-0.2, -0.15) is 0 Å². The predicted molar refractivity (Wildman–Crippen MR) is 130 cm³/mol. The zero-order valence-corrected chi connectivity index (χ0v) is 19.6. The molecule has 4 rings (SSSR count). The number of esters is 1. The maximum Gasteiger partial charge on any atom is 0.338 e. The number of nitrogens with one attached hydrogen (secondary N) is 1. The summed E-state index contributed by atoms with van der Waals surface area (Å²) in [5.74, 6) is -1.14. The van der Waals surface area contributed by atoms with Gasteiger partial charge in [0.05, 0.1) is 37.1 Å². The molecule has 0 aliphatic carbocycles. The van der Waals surface area contributed by atoms with Crippen molar-refractivity contribution in [2.24, 2.45) is 0 Å². The smallest absolute Gasteiger partial charge is 0.338 e. The highest BCUT2D eigenvalue weighted by molar-refractivity contribution is 7.80. The van der Waals surface area contributed by atoms with E-state index in [1.54, 1.807) is 48.2 Å². The summed E-state index contributed by atoms with van der Waals surface area (Å²) in [6.07, 6.45) is 1.33. The van der Waals surface area contributed by atoms with Gasteiger partial charge in [-0.25, -0.2) is 9.18 Å². The van der Waals surface area contributed by atoms with E-state index < -0.39 is 23.7 Å². The summed E-state index contributed by atoms with van der Waals surface area (Å²) in [4.78, 5) is 41.1. The number of hydrogen-bond acceptors (Lipinski definition) is 6. The lowest BCUT2D eigenvalue weighted by Crippen LogP contribution is -2.37. The van der Waals surface area contributed by atoms with Crippen molar-refractivity contribution in [3.8, 4) is 0 Å². The molecule has 1 aliphatic heterocycles. The first-order valence-electron chi connectivity index (χ1n) is 10.9. The third-order valence-corrected chi connectivity index (χ3v) is 5.79. The largest absolute Gasteiger partial charge is 0.467 e. The first kappa shape index (κ1) is 24.1. The molecule has 2 aromatic carbocycles. The molecule has 3 aromatic rings. The summed E-state index contributed by atoms with van der Waals surface area (Å²) < 4.78 is 23.6. The Labute approximate surface area is 206 Å². The van der Waals surface area contributed by atoms with Gasteiger partial charge in [0.2, 0.25) is 5.91 Å². The molecule has 10 heteroatoms. The van der Waals surface area contributed by atoms with E-state index in [4.69, 9.17) is 21.4 Å². The molecule has 35 heavy (non-hydrogen) atoms. The van der Waals surface area contributed by atoms with Crippen LogP contribution in [0.25, 0.3) is 0 Å². The zero-order valence-electron chi connectivity index (χ0n) is 18.8. The number of rotatable bonds is 8. The number of anilines is 2. The molecule has 1 saturated heterocycles. The monoisotopic (exact) mass is 495 g/mol. The maximum absolute atomic E-state index is 13.5. The van der Waals surface area contributed by atoms with Crippen molar-refractivity contribution in [2.75, 3.05) is 16.8 Å². The highest BCUT2D eigenvalue weighted by Crippen LogP contribution is 2.29. The Bertz CT molecular complexity index is 1230. The van der Waals surface area contributed by atoms with Crippen LogP contribution in [0, 0.1) is 5.82 Å². The second-order valence-corrected chi connectivity index (χ2v) is 8.07. The standard InChI is InChI=1S/C25H22FN3O5S/c1-2-33-24(32)16-5-11-19(12-6-16)29-23(31)21(28(25(29)35)15-20-4-3-13-34-20)14-22(30)27-18-9-7-17(26)8-10-18/h3-13,21H,2,14-15H2,1H3,(H,27,30)/t21-/m1/s1. The quantitative estimate of drug-likeness (QED) is 0.371. The SMILES string of the molecule is CCOC(=O)c1ccc(N2C(=O)[C@@H](CC(=O)Nc3ccc(F)cc3)N(Cc3ccco3)C2=S)cc1. The van der Waals surface area contributed by atoms with E-state index in [0.29, 0.717) is 22.7 Å². The minimum Gasteiger partial charge on any atom is -0.467 e. The van der Waals surface area contributed by atoms with Crippen LogP contribution in [0.1, 0.15) is 29.5 Å². The van der Waals surface area contributed by atoms with Crippen molar-refractivity contribution in [1.82, 2.24) is 4.90 Å². The molecule has 0 unspecified atom stereocenters. The lowest BCUT2D eigenvalue weighted by atomic mass is 10.1. The summed E-state index contributed by atoms with van der Waals surface area (Å²) in [6, 6.07) is 14.2. The Morgan fingerprint density at radius 1 is 1.11 bits per heavy atom.